The molecule has 0 unspecified atom stereocenters. The normalized spacial score (nSPS) is 11.3. The number of anilines is 2. The van der Waals surface area contributed by atoms with E-state index < -0.39 is 15.9 Å². The van der Waals surface area contributed by atoms with Crippen molar-refractivity contribution in [1.29, 1.82) is 0 Å². The summed E-state index contributed by atoms with van der Waals surface area (Å²) in [6, 6.07) is 15.3. The second-order valence-electron chi connectivity index (χ2n) is 6.90. The van der Waals surface area contributed by atoms with E-state index in [2.05, 4.69) is 34.6 Å². The molecule has 0 spiro atoms. The van der Waals surface area contributed by atoms with Gasteiger partial charge >= 0.3 is 0 Å². The number of benzene rings is 2. The van der Waals surface area contributed by atoms with Crippen LogP contribution < -0.4 is 9.62 Å². The maximum Gasteiger partial charge on any atom is 0.246 e. The number of para-hydroxylation sites is 1. The van der Waals surface area contributed by atoms with Crippen LogP contribution in [0.25, 0.3) is 0 Å². The van der Waals surface area contributed by atoms with Crippen LogP contribution in [0.2, 0.25) is 0 Å². The number of nitrogens with one attached hydrogen (secondary N) is 1. The molecule has 3 rings (SSSR count). The zero-order valence-electron chi connectivity index (χ0n) is 16.5. The molecule has 0 saturated heterocycles. The van der Waals surface area contributed by atoms with Crippen molar-refractivity contribution in [2.45, 2.75) is 20.3 Å². The molecule has 1 amide bonds. The van der Waals surface area contributed by atoms with Crippen molar-refractivity contribution in [1.82, 2.24) is 4.98 Å². The molecular weight excluding hydrogens is 406 g/mol. The number of carbonyl (C=O) groups excluding carboxylic acids is 1. The number of aromatic nitrogens is 1. The summed E-state index contributed by atoms with van der Waals surface area (Å²) in [4.78, 5) is 17.8. The van der Waals surface area contributed by atoms with Gasteiger partial charge < -0.3 is 5.32 Å². The fourth-order valence-corrected chi connectivity index (χ4v) is 4.64. The van der Waals surface area contributed by atoms with Crippen LogP contribution in [-0.2, 0) is 21.2 Å². The topological polar surface area (TPSA) is 79.4 Å². The van der Waals surface area contributed by atoms with E-state index in [0.29, 0.717) is 10.8 Å². The zero-order valence-corrected chi connectivity index (χ0v) is 18.2. The number of amides is 1. The van der Waals surface area contributed by atoms with E-state index in [9.17, 15) is 13.2 Å². The Morgan fingerprint density at radius 1 is 1.10 bits per heavy atom. The van der Waals surface area contributed by atoms with E-state index in [-0.39, 0.29) is 6.54 Å². The minimum atomic E-state index is -3.61. The van der Waals surface area contributed by atoms with Crippen molar-refractivity contribution in [2.24, 2.45) is 0 Å². The molecule has 152 valence electrons. The van der Waals surface area contributed by atoms with Crippen LogP contribution in [-0.4, -0.2) is 32.1 Å². The third-order valence-electron chi connectivity index (χ3n) is 4.37. The van der Waals surface area contributed by atoms with Crippen molar-refractivity contribution < 1.29 is 13.2 Å². The molecule has 0 aliphatic heterocycles. The van der Waals surface area contributed by atoms with Crippen LogP contribution >= 0.6 is 11.3 Å². The molecule has 6 nitrogen and oxygen atoms in total. The van der Waals surface area contributed by atoms with Crippen LogP contribution in [0.3, 0.4) is 0 Å². The number of aryl methyl sites for hydroxylation is 2. The SMILES string of the molecule is Cc1ccc(Cc2cnc(NC(=O)CN(c3ccccc3C)S(C)(=O)=O)s2)cc1. The number of carbonyl (C=O) groups is 1. The molecule has 0 aliphatic carbocycles. The van der Waals surface area contributed by atoms with Gasteiger partial charge in [0.2, 0.25) is 15.9 Å². The number of thiazole rings is 1. The predicted molar refractivity (Wildman–Crippen MR) is 118 cm³/mol. The van der Waals surface area contributed by atoms with Gasteiger partial charge in [0, 0.05) is 17.5 Å². The van der Waals surface area contributed by atoms with Gasteiger partial charge in [-0.25, -0.2) is 13.4 Å². The van der Waals surface area contributed by atoms with E-state index in [0.717, 1.165) is 27.4 Å². The Morgan fingerprint density at radius 3 is 2.45 bits per heavy atom. The van der Waals surface area contributed by atoms with E-state index in [1.54, 1.807) is 18.3 Å². The monoisotopic (exact) mass is 429 g/mol. The highest BCUT2D eigenvalue weighted by Crippen LogP contribution is 2.24. The number of hydrogen-bond acceptors (Lipinski definition) is 5. The largest absolute Gasteiger partial charge is 0.300 e. The first-order valence-electron chi connectivity index (χ1n) is 9.06. The van der Waals surface area contributed by atoms with Crippen molar-refractivity contribution >= 4 is 38.1 Å². The average Bonchev–Trinajstić information content (AvgIpc) is 3.08. The second kappa shape index (κ2) is 8.75. The fraction of sp³-hybridized carbons (Fsp3) is 0.238. The maximum absolute atomic E-state index is 12.5. The molecule has 0 bridgehead atoms. The smallest absolute Gasteiger partial charge is 0.246 e. The first kappa shape index (κ1) is 21.0. The summed E-state index contributed by atoms with van der Waals surface area (Å²) in [5.41, 5.74) is 3.64. The van der Waals surface area contributed by atoms with Crippen LogP contribution in [0.4, 0.5) is 10.8 Å². The molecule has 1 N–H and O–H groups in total. The standard InChI is InChI=1S/C21H23N3O3S2/c1-15-8-10-17(11-9-15)12-18-13-22-21(28-18)23-20(25)14-24(29(3,26)27)19-7-5-4-6-16(19)2/h4-11,13H,12,14H2,1-3H3,(H,22,23,25). The summed E-state index contributed by atoms with van der Waals surface area (Å²) < 4.78 is 25.6. The van der Waals surface area contributed by atoms with Crippen LogP contribution in [0.1, 0.15) is 21.6 Å². The Morgan fingerprint density at radius 2 is 1.79 bits per heavy atom. The van der Waals surface area contributed by atoms with Gasteiger partial charge in [0.25, 0.3) is 0 Å². The molecule has 3 aromatic rings. The van der Waals surface area contributed by atoms with Crippen LogP contribution in [0, 0.1) is 13.8 Å². The molecule has 0 fully saturated rings. The second-order valence-corrected chi connectivity index (χ2v) is 9.92. The third-order valence-corrected chi connectivity index (χ3v) is 6.41. The zero-order chi connectivity index (χ0) is 21.0. The van der Waals surface area contributed by atoms with Gasteiger partial charge in [-0.2, -0.15) is 0 Å². The van der Waals surface area contributed by atoms with Gasteiger partial charge in [0.05, 0.1) is 11.9 Å². The number of hydrogen-bond donors (Lipinski definition) is 1. The highest BCUT2D eigenvalue weighted by atomic mass is 32.2. The quantitative estimate of drug-likeness (QED) is 0.620. The summed E-state index contributed by atoms with van der Waals surface area (Å²) in [7, 11) is -3.61. The highest BCUT2D eigenvalue weighted by molar-refractivity contribution is 7.92. The number of nitrogens with zero attached hydrogens (tertiary/aromatic N) is 2. The average molecular weight is 430 g/mol. The molecule has 0 atom stereocenters. The van der Waals surface area contributed by atoms with Gasteiger partial charge in [-0.15, -0.1) is 11.3 Å². The van der Waals surface area contributed by atoms with Gasteiger partial charge in [-0.05, 0) is 31.0 Å². The maximum atomic E-state index is 12.5. The molecule has 2 aromatic carbocycles. The summed E-state index contributed by atoms with van der Waals surface area (Å²) in [6.07, 6.45) is 3.55. The minimum absolute atomic E-state index is 0.309. The lowest BCUT2D eigenvalue weighted by atomic mass is 10.1. The van der Waals surface area contributed by atoms with Crippen LogP contribution in [0.5, 0.6) is 0 Å². The summed E-state index contributed by atoms with van der Waals surface area (Å²) in [5.74, 6) is -0.435. The third kappa shape index (κ3) is 5.65. The lowest BCUT2D eigenvalue weighted by molar-refractivity contribution is -0.114. The Hall–Kier alpha value is -2.71. The molecule has 0 radical (unpaired) electrons. The molecule has 0 aliphatic rings. The predicted octanol–water partition coefficient (Wildman–Crippen LogP) is 3.76. The van der Waals surface area contributed by atoms with Gasteiger partial charge in [0.1, 0.15) is 6.54 Å². The number of rotatable bonds is 7. The summed E-state index contributed by atoms with van der Waals surface area (Å²) >= 11 is 1.38. The van der Waals surface area contributed by atoms with Crippen molar-refractivity contribution in [2.75, 3.05) is 22.4 Å². The molecule has 1 aromatic heterocycles. The fourth-order valence-electron chi connectivity index (χ4n) is 2.87. The van der Waals surface area contributed by atoms with Gasteiger partial charge in [0.15, 0.2) is 5.13 Å². The van der Waals surface area contributed by atoms with Gasteiger partial charge in [-0.3, -0.25) is 9.10 Å². The molecule has 29 heavy (non-hydrogen) atoms. The number of sulfonamides is 1. The Labute approximate surface area is 175 Å². The van der Waals surface area contributed by atoms with E-state index in [1.165, 1.54) is 22.5 Å². The highest BCUT2D eigenvalue weighted by Gasteiger charge is 2.22. The van der Waals surface area contributed by atoms with Gasteiger partial charge in [-0.1, -0.05) is 48.0 Å². The van der Waals surface area contributed by atoms with Crippen LogP contribution in [0.15, 0.2) is 54.7 Å². The van der Waals surface area contributed by atoms with Crippen molar-refractivity contribution in [3.63, 3.8) is 0 Å². The minimum Gasteiger partial charge on any atom is -0.300 e. The molecule has 8 heteroatoms. The van der Waals surface area contributed by atoms with Crippen molar-refractivity contribution in [3.8, 4) is 0 Å². The van der Waals surface area contributed by atoms with E-state index in [4.69, 9.17) is 0 Å². The Bertz CT molecular complexity index is 1110. The molecule has 1 heterocycles. The lowest BCUT2D eigenvalue weighted by Gasteiger charge is -2.23. The van der Waals surface area contributed by atoms with Crippen molar-refractivity contribution in [3.05, 3.63) is 76.3 Å². The summed E-state index contributed by atoms with van der Waals surface area (Å²) in [5, 5.41) is 3.17. The van der Waals surface area contributed by atoms with E-state index in [1.807, 2.05) is 26.0 Å². The summed E-state index contributed by atoms with van der Waals surface area (Å²) in [6.45, 7) is 3.54. The first-order chi connectivity index (χ1) is 13.7. The molecular formula is C21H23N3O3S2. The molecule has 0 saturated carbocycles. The Kier molecular flexibility index (Phi) is 6.34. The Balaban J connectivity index is 1.69. The first-order valence-corrected chi connectivity index (χ1v) is 11.7. The van der Waals surface area contributed by atoms with E-state index >= 15 is 0 Å². The lowest BCUT2D eigenvalue weighted by Crippen LogP contribution is -2.37.